The first kappa shape index (κ1) is 26.7. The molecule has 12 heteroatoms. The predicted molar refractivity (Wildman–Crippen MR) is 106 cm³/mol. The summed E-state index contributed by atoms with van der Waals surface area (Å²) in [5, 5.41) is 2.27. The molecule has 0 aliphatic heterocycles. The number of esters is 2. The zero-order valence-corrected chi connectivity index (χ0v) is 18.6. The molecular weight excluding hydrogens is 428 g/mol. The SMILES string of the molecule is COC(=O)CN(CC(=O)OC1C(=O)CCC1=O)C(=O)CCC(=O)CNC(=O)OC(C)(C)C. The molecule has 0 aromatic heterocycles. The van der Waals surface area contributed by atoms with Crippen LogP contribution < -0.4 is 5.32 Å². The van der Waals surface area contributed by atoms with E-state index in [1.165, 1.54) is 0 Å². The van der Waals surface area contributed by atoms with E-state index in [2.05, 4.69) is 10.1 Å². The lowest BCUT2D eigenvalue weighted by Crippen LogP contribution is -2.42. The number of carbonyl (C=O) groups excluding carboxylic acids is 7. The van der Waals surface area contributed by atoms with Crippen LogP contribution in [0.3, 0.4) is 0 Å². The van der Waals surface area contributed by atoms with Crippen LogP contribution >= 0.6 is 0 Å². The van der Waals surface area contributed by atoms with Crippen molar-refractivity contribution in [2.75, 3.05) is 26.7 Å². The Morgan fingerprint density at radius 1 is 0.969 bits per heavy atom. The molecule has 0 bridgehead atoms. The summed E-state index contributed by atoms with van der Waals surface area (Å²) in [5.41, 5.74) is -0.736. The van der Waals surface area contributed by atoms with E-state index in [9.17, 15) is 33.6 Å². The summed E-state index contributed by atoms with van der Waals surface area (Å²) in [6.45, 7) is 3.30. The van der Waals surface area contributed by atoms with E-state index in [1.807, 2.05) is 0 Å². The molecule has 12 nitrogen and oxygen atoms in total. The van der Waals surface area contributed by atoms with Crippen molar-refractivity contribution in [1.82, 2.24) is 10.2 Å². The molecule has 0 unspecified atom stereocenters. The van der Waals surface area contributed by atoms with Gasteiger partial charge in [-0.1, -0.05) is 0 Å². The summed E-state index contributed by atoms with van der Waals surface area (Å²) in [5.74, 6) is -4.14. The van der Waals surface area contributed by atoms with Crippen molar-refractivity contribution in [3.63, 3.8) is 0 Å². The van der Waals surface area contributed by atoms with Gasteiger partial charge in [-0.15, -0.1) is 0 Å². The van der Waals surface area contributed by atoms with Crippen molar-refractivity contribution < 1.29 is 47.8 Å². The molecule has 2 amide bonds. The Hall–Kier alpha value is -3.31. The highest BCUT2D eigenvalue weighted by molar-refractivity contribution is 6.12. The zero-order chi connectivity index (χ0) is 24.5. The molecule has 0 saturated heterocycles. The third kappa shape index (κ3) is 9.67. The van der Waals surface area contributed by atoms with Crippen LogP contribution in [-0.2, 0) is 43.0 Å². The Bertz CT molecular complexity index is 768. The zero-order valence-electron chi connectivity index (χ0n) is 18.6. The molecule has 1 aliphatic rings. The van der Waals surface area contributed by atoms with E-state index in [4.69, 9.17) is 9.47 Å². The number of Topliss-reactive ketones (excluding diaryl/α,β-unsaturated/α-hetero) is 3. The van der Waals surface area contributed by atoms with Gasteiger partial charge in [-0.25, -0.2) is 4.79 Å². The highest BCUT2D eigenvalue weighted by Crippen LogP contribution is 2.14. The van der Waals surface area contributed by atoms with Crippen molar-refractivity contribution >= 4 is 41.3 Å². The summed E-state index contributed by atoms with van der Waals surface area (Å²) in [6, 6.07) is 0. The molecule has 0 aromatic rings. The van der Waals surface area contributed by atoms with Crippen LogP contribution in [0.5, 0.6) is 0 Å². The average molecular weight is 456 g/mol. The number of nitrogens with one attached hydrogen (secondary N) is 1. The molecule has 32 heavy (non-hydrogen) atoms. The number of methoxy groups -OCH3 is 1. The Morgan fingerprint density at radius 2 is 1.53 bits per heavy atom. The molecule has 1 rings (SSSR count). The first-order valence-corrected chi connectivity index (χ1v) is 9.90. The van der Waals surface area contributed by atoms with Crippen LogP contribution in [0, 0.1) is 0 Å². The third-order valence-corrected chi connectivity index (χ3v) is 4.12. The van der Waals surface area contributed by atoms with Gasteiger partial charge in [0.05, 0.1) is 13.7 Å². The van der Waals surface area contributed by atoms with E-state index < -0.39 is 66.1 Å². The second-order valence-electron chi connectivity index (χ2n) is 8.02. The fourth-order valence-corrected chi connectivity index (χ4v) is 2.57. The number of hydrogen-bond donors (Lipinski definition) is 1. The molecule has 0 aromatic carbocycles. The maximum absolute atomic E-state index is 12.4. The topological polar surface area (TPSA) is 162 Å². The molecule has 1 fully saturated rings. The van der Waals surface area contributed by atoms with Gasteiger partial charge in [0.1, 0.15) is 18.7 Å². The van der Waals surface area contributed by atoms with E-state index in [0.717, 1.165) is 12.0 Å². The standard InChI is InChI=1S/C20H28N2O10/c1-20(2,3)32-19(29)21-9-12(23)5-8-15(26)22(10-16(27)30-4)11-17(28)31-18-13(24)6-7-14(18)25/h18H,5-11H2,1-4H3,(H,21,29). The van der Waals surface area contributed by atoms with Gasteiger partial charge in [-0.3, -0.25) is 28.8 Å². The van der Waals surface area contributed by atoms with Crippen molar-refractivity contribution in [2.45, 2.75) is 58.2 Å². The molecule has 1 saturated carbocycles. The van der Waals surface area contributed by atoms with Crippen molar-refractivity contribution in [2.24, 2.45) is 0 Å². The summed E-state index contributed by atoms with van der Waals surface area (Å²) < 4.78 is 14.3. The van der Waals surface area contributed by atoms with E-state index >= 15 is 0 Å². The Labute approximate surface area is 184 Å². The Kier molecular flexibility index (Phi) is 9.95. The first-order valence-electron chi connectivity index (χ1n) is 9.90. The molecule has 0 spiro atoms. The van der Waals surface area contributed by atoms with Crippen molar-refractivity contribution in [3.8, 4) is 0 Å². The van der Waals surface area contributed by atoms with Gasteiger partial charge in [0.25, 0.3) is 0 Å². The number of ketones is 3. The van der Waals surface area contributed by atoms with Gasteiger partial charge < -0.3 is 24.4 Å². The molecule has 178 valence electrons. The van der Waals surface area contributed by atoms with E-state index in [-0.39, 0.29) is 32.2 Å². The number of ether oxygens (including phenoxy) is 3. The molecule has 1 N–H and O–H groups in total. The van der Waals surface area contributed by atoms with Gasteiger partial charge in [0.15, 0.2) is 17.3 Å². The fraction of sp³-hybridized carbons (Fsp3) is 0.650. The number of alkyl carbamates (subject to hydrolysis) is 1. The summed E-state index contributed by atoms with van der Waals surface area (Å²) in [7, 11) is 1.09. The molecular formula is C20H28N2O10. The van der Waals surface area contributed by atoms with Crippen LogP contribution in [0.2, 0.25) is 0 Å². The molecule has 1 aliphatic carbocycles. The summed E-state index contributed by atoms with van der Waals surface area (Å²) in [4.78, 5) is 83.6. The van der Waals surface area contributed by atoms with Crippen molar-refractivity contribution in [3.05, 3.63) is 0 Å². The van der Waals surface area contributed by atoms with Gasteiger partial charge in [0.2, 0.25) is 12.0 Å². The van der Waals surface area contributed by atoms with Crippen LogP contribution in [0.1, 0.15) is 46.5 Å². The highest BCUT2D eigenvalue weighted by atomic mass is 16.6. The molecule has 0 radical (unpaired) electrons. The Balaban J connectivity index is 2.59. The predicted octanol–water partition coefficient (Wildman–Crippen LogP) is -0.294. The monoisotopic (exact) mass is 456 g/mol. The van der Waals surface area contributed by atoms with Gasteiger partial charge in [-0.2, -0.15) is 0 Å². The number of amides is 2. The van der Waals surface area contributed by atoms with Gasteiger partial charge in [0, 0.05) is 25.7 Å². The van der Waals surface area contributed by atoms with Crippen LogP contribution in [0.25, 0.3) is 0 Å². The smallest absolute Gasteiger partial charge is 0.408 e. The lowest BCUT2D eigenvalue weighted by molar-refractivity contribution is -0.161. The lowest BCUT2D eigenvalue weighted by atomic mass is 10.2. The minimum atomic E-state index is -1.50. The third-order valence-electron chi connectivity index (χ3n) is 4.12. The van der Waals surface area contributed by atoms with Crippen LogP contribution in [-0.4, -0.2) is 84.6 Å². The van der Waals surface area contributed by atoms with E-state index in [0.29, 0.717) is 0 Å². The number of nitrogens with zero attached hydrogens (tertiary/aromatic N) is 1. The lowest BCUT2D eigenvalue weighted by Gasteiger charge is -2.21. The molecule has 0 atom stereocenters. The van der Waals surface area contributed by atoms with Gasteiger partial charge >= 0.3 is 18.0 Å². The van der Waals surface area contributed by atoms with E-state index in [1.54, 1.807) is 20.8 Å². The van der Waals surface area contributed by atoms with Crippen LogP contribution in [0.15, 0.2) is 0 Å². The second-order valence-corrected chi connectivity index (χ2v) is 8.02. The largest absolute Gasteiger partial charge is 0.468 e. The van der Waals surface area contributed by atoms with Crippen LogP contribution in [0.4, 0.5) is 4.79 Å². The summed E-state index contributed by atoms with van der Waals surface area (Å²) >= 11 is 0. The number of rotatable bonds is 10. The number of hydrogen-bond acceptors (Lipinski definition) is 10. The normalized spacial score (nSPS) is 14.0. The second kappa shape index (κ2) is 11.9. The Morgan fingerprint density at radius 3 is 2.06 bits per heavy atom. The minimum Gasteiger partial charge on any atom is -0.468 e. The maximum Gasteiger partial charge on any atom is 0.408 e. The fourth-order valence-electron chi connectivity index (χ4n) is 2.57. The summed E-state index contributed by atoms with van der Waals surface area (Å²) in [6.07, 6.45) is -2.98. The van der Waals surface area contributed by atoms with Gasteiger partial charge in [-0.05, 0) is 20.8 Å². The minimum absolute atomic E-state index is 0.0268. The average Bonchev–Trinajstić information content (AvgIpc) is 3.00. The highest BCUT2D eigenvalue weighted by Gasteiger charge is 2.36. The van der Waals surface area contributed by atoms with Crippen molar-refractivity contribution in [1.29, 1.82) is 0 Å². The quantitative estimate of drug-likeness (QED) is 0.262. The first-order chi connectivity index (χ1) is 14.8. The maximum atomic E-state index is 12.4. The molecule has 0 heterocycles. The number of carbonyl (C=O) groups is 7.